The molecule has 4 N–H and O–H groups in total. The molecule has 1 aliphatic heterocycles. The summed E-state index contributed by atoms with van der Waals surface area (Å²) in [4.78, 5) is 26.8. The van der Waals surface area contributed by atoms with Crippen molar-refractivity contribution >= 4 is 11.6 Å². The van der Waals surface area contributed by atoms with Crippen molar-refractivity contribution in [1.82, 2.24) is 15.2 Å². The molecule has 2 heterocycles. The third kappa shape index (κ3) is 7.79. The van der Waals surface area contributed by atoms with Crippen molar-refractivity contribution in [2.24, 2.45) is 0 Å². The van der Waals surface area contributed by atoms with Crippen LogP contribution in [0.4, 0.5) is 5.69 Å². The summed E-state index contributed by atoms with van der Waals surface area (Å²) in [5.74, 6) is 0.609. The summed E-state index contributed by atoms with van der Waals surface area (Å²) in [6, 6.07) is 17.5. The Labute approximate surface area is 267 Å². The average Bonchev–Trinajstić information content (AvgIpc) is 2.99. The van der Waals surface area contributed by atoms with Gasteiger partial charge in [0, 0.05) is 42.9 Å². The van der Waals surface area contributed by atoms with Crippen LogP contribution in [0.25, 0.3) is 0 Å². The smallest absolute Gasteiger partial charge is 0.274 e. The van der Waals surface area contributed by atoms with Crippen LogP contribution in [-0.4, -0.2) is 45.9 Å². The molecule has 0 radical (unpaired) electrons. The first kappa shape index (κ1) is 32.8. The molecule has 0 saturated heterocycles. The number of aryl methyl sites for hydroxylation is 1. The summed E-state index contributed by atoms with van der Waals surface area (Å²) in [5, 5.41) is 21.7. The van der Waals surface area contributed by atoms with E-state index in [-0.39, 0.29) is 35.2 Å². The highest BCUT2D eigenvalue weighted by Crippen LogP contribution is 2.49. The van der Waals surface area contributed by atoms with Crippen LogP contribution >= 0.6 is 0 Å². The van der Waals surface area contributed by atoms with Crippen LogP contribution in [0.2, 0.25) is 0 Å². The van der Waals surface area contributed by atoms with E-state index in [1.165, 1.54) is 12.0 Å². The number of hydrogen-bond acceptors (Lipinski definition) is 6. The molecule has 2 aromatic carbocycles. The minimum Gasteiger partial charge on any atom is -0.487 e. The molecule has 1 aliphatic carbocycles. The van der Waals surface area contributed by atoms with E-state index in [2.05, 4.69) is 41.1 Å². The van der Waals surface area contributed by atoms with Crippen LogP contribution in [0.1, 0.15) is 106 Å². The number of aromatic nitrogens is 1. The Hall–Kier alpha value is -3.62. The van der Waals surface area contributed by atoms with Gasteiger partial charge in [0.1, 0.15) is 17.0 Å². The molecule has 3 atom stereocenters. The second-order valence-electron chi connectivity index (χ2n) is 13.5. The molecule has 1 fully saturated rings. The maximum atomic E-state index is 13.8. The summed E-state index contributed by atoms with van der Waals surface area (Å²) in [5.41, 5.74) is 3.92. The Morgan fingerprint density at radius 3 is 2.47 bits per heavy atom. The molecular weight excluding hydrogens is 564 g/mol. The number of nitrogens with one attached hydrogen (secondary N) is 3. The molecule has 8 heteroatoms. The van der Waals surface area contributed by atoms with E-state index in [0.29, 0.717) is 24.2 Å². The maximum absolute atomic E-state index is 13.8. The lowest BCUT2D eigenvalue weighted by Gasteiger charge is -2.48. The molecule has 3 aromatic rings. The first-order valence-electron chi connectivity index (χ1n) is 16.7. The minimum atomic E-state index is -0.860. The van der Waals surface area contributed by atoms with Gasteiger partial charge in [0.2, 0.25) is 0 Å². The molecule has 2 aliphatic rings. The fraction of sp³-hybridized carbons (Fsp3) is 0.514. The third-order valence-electron chi connectivity index (χ3n) is 9.11. The number of nitrogens with zero attached hydrogens (tertiary/aromatic N) is 1. The highest BCUT2D eigenvalue weighted by Gasteiger charge is 2.45. The second-order valence-corrected chi connectivity index (χ2v) is 13.5. The van der Waals surface area contributed by atoms with Crippen LogP contribution in [0.5, 0.6) is 5.75 Å². The molecular formula is C37H50N4O4. The highest BCUT2D eigenvalue weighted by molar-refractivity contribution is 5.95. The van der Waals surface area contributed by atoms with Gasteiger partial charge in [-0.2, -0.15) is 0 Å². The second kappa shape index (κ2) is 14.2. The van der Waals surface area contributed by atoms with E-state index in [1.807, 2.05) is 58.0 Å². The lowest BCUT2D eigenvalue weighted by molar-refractivity contribution is -0.0382. The van der Waals surface area contributed by atoms with E-state index < -0.39 is 12.1 Å². The van der Waals surface area contributed by atoms with Gasteiger partial charge in [-0.05, 0) is 83.1 Å². The Kier molecular flexibility index (Phi) is 10.3. The Balaban J connectivity index is 1.37. The molecule has 5 rings (SSSR count). The maximum Gasteiger partial charge on any atom is 0.274 e. The van der Waals surface area contributed by atoms with Crippen LogP contribution in [0.15, 0.2) is 65.6 Å². The number of carbonyl (C=O) groups excluding carboxylic acids is 1. The SMILES string of the molecule is CCCc1ccc2c(c1)C(NCC(O)C(Cc1ccccc1)NC(=O)c1cc(NC(C)C)c(=O)n(C(C)C)c1)CC1(CCC1)O2. The van der Waals surface area contributed by atoms with Gasteiger partial charge in [-0.25, -0.2) is 0 Å². The van der Waals surface area contributed by atoms with E-state index in [0.717, 1.165) is 49.0 Å². The Morgan fingerprint density at radius 2 is 1.82 bits per heavy atom. The molecule has 3 unspecified atom stereocenters. The zero-order valence-corrected chi connectivity index (χ0v) is 27.4. The number of aliphatic hydroxyl groups excluding tert-OH is 1. The van der Waals surface area contributed by atoms with Gasteiger partial charge in [-0.1, -0.05) is 55.8 Å². The highest BCUT2D eigenvalue weighted by atomic mass is 16.5. The number of benzene rings is 2. The van der Waals surface area contributed by atoms with E-state index in [1.54, 1.807) is 16.8 Å². The molecule has 242 valence electrons. The zero-order valence-electron chi connectivity index (χ0n) is 27.4. The number of aliphatic hydroxyl groups is 1. The van der Waals surface area contributed by atoms with Gasteiger partial charge in [0.05, 0.1) is 17.7 Å². The van der Waals surface area contributed by atoms with Crippen molar-refractivity contribution in [3.8, 4) is 5.75 Å². The predicted octanol–water partition coefficient (Wildman–Crippen LogP) is 5.94. The number of rotatable bonds is 13. The van der Waals surface area contributed by atoms with Crippen molar-refractivity contribution in [2.75, 3.05) is 11.9 Å². The van der Waals surface area contributed by atoms with Gasteiger partial charge in [0.15, 0.2) is 0 Å². The average molecular weight is 615 g/mol. The largest absolute Gasteiger partial charge is 0.487 e. The zero-order chi connectivity index (χ0) is 32.1. The topological polar surface area (TPSA) is 105 Å². The van der Waals surface area contributed by atoms with E-state index in [9.17, 15) is 14.7 Å². The van der Waals surface area contributed by atoms with Crippen LogP contribution in [0, 0.1) is 0 Å². The molecule has 1 saturated carbocycles. The predicted molar refractivity (Wildman–Crippen MR) is 180 cm³/mol. The number of carbonyl (C=O) groups is 1. The van der Waals surface area contributed by atoms with Gasteiger partial charge in [0.25, 0.3) is 11.5 Å². The molecule has 1 spiro atoms. The molecule has 45 heavy (non-hydrogen) atoms. The summed E-state index contributed by atoms with van der Waals surface area (Å²) < 4.78 is 8.11. The first-order chi connectivity index (χ1) is 21.6. The first-order valence-corrected chi connectivity index (χ1v) is 16.7. The number of pyridine rings is 1. The van der Waals surface area contributed by atoms with Crippen molar-refractivity contribution in [3.63, 3.8) is 0 Å². The molecule has 0 bridgehead atoms. The summed E-state index contributed by atoms with van der Waals surface area (Å²) in [6.07, 6.45) is 7.42. The fourth-order valence-corrected chi connectivity index (χ4v) is 6.56. The number of ether oxygens (including phenoxy) is 1. The van der Waals surface area contributed by atoms with Gasteiger partial charge < -0.3 is 30.4 Å². The fourth-order valence-electron chi connectivity index (χ4n) is 6.56. The number of fused-ring (bicyclic) bond motifs is 1. The molecule has 8 nitrogen and oxygen atoms in total. The number of anilines is 1. The monoisotopic (exact) mass is 614 g/mol. The van der Waals surface area contributed by atoms with Crippen LogP contribution in [0.3, 0.4) is 0 Å². The van der Waals surface area contributed by atoms with Crippen LogP contribution < -0.4 is 26.2 Å². The molecule has 1 aromatic heterocycles. The summed E-state index contributed by atoms with van der Waals surface area (Å²) >= 11 is 0. The summed E-state index contributed by atoms with van der Waals surface area (Å²) in [7, 11) is 0. The van der Waals surface area contributed by atoms with Gasteiger partial charge in [-0.15, -0.1) is 0 Å². The van der Waals surface area contributed by atoms with Gasteiger partial charge in [-0.3, -0.25) is 9.59 Å². The molecule has 1 amide bonds. The van der Waals surface area contributed by atoms with Crippen LogP contribution in [-0.2, 0) is 12.8 Å². The van der Waals surface area contributed by atoms with Crippen molar-refractivity contribution in [2.45, 2.75) is 115 Å². The quantitative estimate of drug-likeness (QED) is 0.190. The van der Waals surface area contributed by atoms with E-state index in [4.69, 9.17) is 4.74 Å². The Bertz CT molecular complexity index is 1510. The third-order valence-corrected chi connectivity index (χ3v) is 9.11. The van der Waals surface area contributed by atoms with Crippen molar-refractivity contribution in [1.29, 1.82) is 0 Å². The number of hydrogen-bond donors (Lipinski definition) is 4. The minimum absolute atomic E-state index is 0.0304. The lowest BCUT2D eigenvalue weighted by atomic mass is 9.72. The van der Waals surface area contributed by atoms with E-state index >= 15 is 0 Å². The number of amides is 1. The van der Waals surface area contributed by atoms with Crippen molar-refractivity contribution < 1.29 is 14.6 Å². The van der Waals surface area contributed by atoms with Gasteiger partial charge >= 0.3 is 0 Å². The van der Waals surface area contributed by atoms with Crippen molar-refractivity contribution in [3.05, 3.63) is 93.4 Å². The lowest BCUT2D eigenvalue weighted by Crippen LogP contribution is -2.52. The normalized spacial score (nSPS) is 18.2. The standard InChI is InChI=1S/C37H50N4O4/c1-6-11-26-14-15-34-29(18-26)32(21-37(45-34)16-10-17-37)38-22-33(42)30(19-27-12-8-7-9-13-27)40-35(43)28-20-31(39-24(2)3)36(44)41(23-28)25(4)5/h7-9,12-15,18,20,23-25,30,32-33,38-39,42H,6,10-11,16-17,19,21-22H2,1-5H3,(H,40,43). The summed E-state index contributed by atoms with van der Waals surface area (Å²) in [6.45, 7) is 10.2. The Morgan fingerprint density at radius 1 is 1.07 bits per heavy atom.